The van der Waals surface area contributed by atoms with Gasteiger partial charge in [0, 0.05) is 11.1 Å². The quantitative estimate of drug-likeness (QED) is 0.909. The minimum Gasteiger partial charge on any atom is -0.480 e. The number of hydrogen-bond acceptors (Lipinski definition) is 3. The Balaban J connectivity index is 2.47. The van der Waals surface area contributed by atoms with Crippen LogP contribution in [-0.2, 0) is 4.79 Å². The number of fused-ring (bicyclic) bond motifs is 1. The normalized spacial score (nSPS) is 12.4. The number of carboxylic acids is 1. The summed E-state index contributed by atoms with van der Waals surface area (Å²) in [7, 11) is 0. The van der Waals surface area contributed by atoms with E-state index >= 15 is 0 Å². The van der Waals surface area contributed by atoms with E-state index in [2.05, 4.69) is 10.3 Å². The molecule has 22 heavy (non-hydrogen) atoms. The van der Waals surface area contributed by atoms with Gasteiger partial charge in [0.2, 0.25) is 0 Å². The smallest absolute Gasteiger partial charge is 0.326 e. The van der Waals surface area contributed by atoms with E-state index in [0.29, 0.717) is 16.6 Å². The number of pyridine rings is 1. The van der Waals surface area contributed by atoms with Crippen LogP contribution >= 0.6 is 0 Å². The highest BCUT2D eigenvalue weighted by Crippen LogP contribution is 2.20. The van der Waals surface area contributed by atoms with Crippen molar-refractivity contribution in [1.82, 2.24) is 10.3 Å². The highest BCUT2D eigenvalue weighted by atomic mass is 19.1. The number of aryl methyl sites for hydroxylation is 1. The molecule has 5 nitrogen and oxygen atoms in total. The van der Waals surface area contributed by atoms with E-state index in [0.717, 1.165) is 0 Å². The number of aromatic nitrogens is 1. The topological polar surface area (TPSA) is 79.3 Å². The van der Waals surface area contributed by atoms with Crippen LogP contribution in [0.1, 0.15) is 29.9 Å². The van der Waals surface area contributed by atoms with Gasteiger partial charge in [-0.2, -0.15) is 0 Å². The summed E-state index contributed by atoms with van der Waals surface area (Å²) in [6, 6.07) is 4.50. The number of nitrogens with one attached hydrogen (secondary N) is 1. The van der Waals surface area contributed by atoms with E-state index < -0.39 is 23.7 Å². The molecule has 0 saturated carbocycles. The van der Waals surface area contributed by atoms with Gasteiger partial charge in [-0.3, -0.25) is 9.78 Å². The molecule has 0 aliphatic carbocycles. The molecule has 1 unspecified atom stereocenters. The van der Waals surface area contributed by atoms with Gasteiger partial charge in [-0.1, -0.05) is 13.8 Å². The predicted molar refractivity (Wildman–Crippen MR) is 80.2 cm³/mol. The average Bonchev–Trinajstić information content (AvgIpc) is 2.43. The first kappa shape index (κ1) is 15.9. The van der Waals surface area contributed by atoms with Gasteiger partial charge in [0.25, 0.3) is 5.91 Å². The average molecular weight is 304 g/mol. The van der Waals surface area contributed by atoms with Gasteiger partial charge in [0.05, 0.1) is 11.1 Å². The summed E-state index contributed by atoms with van der Waals surface area (Å²) >= 11 is 0. The molecule has 0 aliphatic heterocycles. The first-order valence-corrected chi connectivity index (χ1v) is 6.90. The lowest BCUT2D eigenvalue weighted by atomic mass is 10.0. The Morgan fingerprint density at radius 2 is 1.95 bits per heavy atom. The second-order valence-corrected chi connectivity index (χ2v) is 5.51. The van der Waals surface area contributed by atoms with Crippen molar-refractivity contribution in [1.29, 1.82) is 0 Å². The Morgan fingerprint density at radius 3 is 2.55 bits per heavy atom. The van der Waals surface area contributed by atoms with E-state index in [-0.39, 0.29) is 11.5 Å². The molecule has 0 aliphatic rings. The summed E-state index contributed by atoms with van der Waals surface area (Å²) < 4.78 is 13.4. The largest absolute Gasteiger partial charge is 0.480 e. The fourth-order valence-corrected chi connectivity index (χ4v) is 2.25. The maximum absolute atomic E-state index is 13.4. The number of hydrogen-bond donors (Lipinski definition) is 2. The third-order valence-corrected chi connectivity index (χ3v) is 3.36. The fourth-order valence-electron chi connectivity index (χ4n) is 2.25. The molecule has 2 aromatic rings. The number of halogens is 1. The van der Waals surface area contributed by atoms with E-state index in [4.69, 9.17) is 5.11 Å². The van der Waals surface area contributed by atoms with Crippen molar-refractivity contribution in [2.75, 3.05) is 0 Å². The van der Waals surface area contributed by atoms with Crippen LogP contribution in [0.4, 0.5) is 4.39 Å². The van der Waals surface area contributed by atoms with Crippen molar-refractivity contribution in [2.24, 2.45) is 5.92 Å². The minimum absolute atomic E-state index is 0.217. The van der Waals surface area contributed by atoms with Gasteiger partial charge in [0.1, 0.15) is 11.9 Å². The van der Waals surface area contributed by atoms with Crippen LogP contribution in [0.5, 0.6) is 0 Å². The summed E-state index contributed by atoms with van der Waals surface area (Å²) in [6.45, 7) is 5.12. The zero-order chi connectivity index (χ0) is 16.4. The van der Waals surface area contributed by atoms with Crippen molar-refractivity contribution in [2.45, 2.75) is 26.8 Å². The fraction of sp³-hybridized carbons (Fsp3) is 0.312. The molecule has 2 N–H and O–H groups in total. The van der Waals surface area contributed by atoms with Gasteiger partial charge in [-0.05, 0) is 37.1 Å². The second kappa shape index (κ2) is 6.09. The Morgan fingerprint density at radius 1 is 1.27 bits per heavy atom. The molecule has 6 heteroatoms. The lowest BCUT2D eigenvalue weighted by Crippen LogP contribution is -2.44. The van der Waals surface area contributed by atoms with E-state index in [1.165, 1.54) is 24.3 Å². The number of carboxylic acid groups (broad SMARTS) is 1. The lowest BCUT2D eigenvalue weighted by molar-refractivity contribution is -0.140. The molecule has 2 rings (SSSR count). The van der Waals surface area contributed by atoms with Crippen molar-refractivity contribution in [3.8, 4) is 0 Å². The molecule has 1 amide bonds. The maximum atomic E-state index is 13.4. The Bertz CT molecular complexity index is 743. The van der Waals surface area contributed by atoms with Crippen LogP contribution in [-0.4, -0.2) is 28.0 Å². The van der Waals surface area contributed by atoms with Crippen LogP contribution in [0, 0.1) is 18.7 Å². The van der Waals surface area contributed by atoms with Gasteiger partial charge in [0.15, 0.2) is 0 Å². The maximum Gasteiger partial charge on any atom is 0.326 e. The highest BCUT2D eigenvalue weighted by Gasteiger charge is 2.25. The van der Waals surface area contributed by atoms with Crippen LogP contribution < -0.4 is 5.32 Å². The molecular formula is C16H17FN2O3. The van der Waals surface area contributed by atoms with E-state index in [1.54, 1.807) is 20.8 Å². The van der Waals surface area contributed by atoms with Crippen molar-refractivity contribution in [3.05, 3.63) is 41.3 Å². The number of benzene rings is 1. The first-order valence-electron chi connectivity index (χ1n) is 6.90. The molecule has 1 heterocycles. The van der Waals surface area contributed by atoms with Gasteiger partial charge in [-0.15, -0.1) is 0 Å². The minimum atomic E-state index is -1.11. The Labute approximate surface area is 127 Å². The lowest BCUT2D eigenvalue weighted by Gasteiger charge is -2.18. The number of aliphatic carboxylic acids is 1. The Hall–Kier alpha value is -2.50. The van der Waals surface area contributed by atoms with Gasteiger partial charge >= 0.3 is 5.97 Å². The van der Waals surface area contributed by atoms with Crippen LogP contribution in [0.2, 0.25) is 0 Å². The second-order valence-electron chi connectivity index (χ2n) is 5.51. The zero-order valence-electron chi connectivity index (χ0n) is 12.6. The molecule has 0 bridgehead atoms. The summed E-state index contributed by atoms with van der Waals surface area (Å²) in [6.07, 6.45) is 0. The summed E-state index contributed by atoms with van der Waals surface area (Å²) in [4.78, 5) is 27.9. The third kappa shape index (κ3) is 3.21. The van der Waals surface area contributed by atoms with Crippen LogP contribution in [0.15, 0.2) is 24.3 Å². The van der Waals surface area contributed by atoms with Gasteiger partial charge < -0.3 is 10.4 Å². The number of amides is 1. The molecule has 0 radical (unpaired) electrons. The standard InChI is InChI=1S/C16H17FN2O3/c1-8(2)14(16(21)22)19-15(20)12-6-9(3)18-13-5-4-10(17)7-11(12)13/h4-8,14H,1-3H3,(H,19,20)(H,21,22). The Kier molecular flexibility index (Phi) is 4.40. The molecule has 1 aromatic heterocycles. The third-order valence-electron chi connectivity index (χ3n) is 3.36. The molecule has 0 fully saturated rings. The van der Waals surface area contributed by atoms with Crippen molar-refractivity contribution in [3.63, 3.8) is 0 Å². The number of rotatable bonds is 4. The van der Waals surface area contributed by atoms with E-state index in [1.807, 2.05) is 0 Å². The van der Waals surface area contributed by atoms with Crippen LogP contribution in [0.3, 0.4) is 0 Å². The molecule has 0 saturated heterocycles. The predicted octanol–water partition coefficient (Wildman–Crippen LogP) is 2.52. The molecular weight excluding hydrogens is 287 g/mol. The molecule has 116 valence electrons. The summed E-state index contributed by atoms with van der Waals surface area (Å²) in [5.41, 5.74) is 1.30. The van der Waals surface area contributed by atoms with Crippen LogP contribution in [0.25, 0.3) is 10.9 Å². The zero-order valence-corrected chi connectivity index (χ0v) is 12.6. The number of carbonyl (C=O) groups excluding carboxylic acids is 1. The SMILES string of the molecule is Cc1cc(C(=O)NC(C(=O)O)C(C)C)c2cc(F)ccc2n1. The monoisotopic (exact) mass is 304 g/mol. The summed E-state index contributed by atoms with van der Waals surface area (Å²) in [5, 5.41) is 12.0. The molecule has 1 atom stereocenters. The number of carbonyl (C=O) groups is 2. The molecule has 0 spiro atoms. The van der Waals surface area contributed by atoms with Crippen molar-refractivity contribution >= 4 is 22.8 Å². The van der Waals surface area contributed by atoms with Crippen molar-refractivity contribution < 1.29 is 19.1 Å². The first-order chi connectivity index (χ1) is 10.3. The highest BCUT2D eigenvalue weighted by molar-refractivity contribution is 6.07. The van der Waals surface area contributed by atoms with E-state index in [9.17, 15) is 14.0 Å². The summed E-state index contributed by atoms with van der Waals surface area (Å²) in [5.74, 6) is -2.41. The molecule has 1 aromatic carbocycles. The number of nitrogens with zero attached hydrogens (tertiary/aromatic N) is 1. The van der Waals surface area contributed by atoms with Gasteiger partial charge in [-0.25, -0.2) is 9.18 Å².